The van der Waals surface area contributed by atoms with Crippen LogP contribution in [0.1, 0.15) is 49.8 Å². The first kappa shape index (κ1) is 20.8. The smallest absolute Gasteiger partial charge is 0.258 e. The summed E-state index contributed by atoms with van der Waals surface area (Å²) in [5, 5.41) is 14.3. The Balaban J connectivity index is 2.04. The molecule has 0 spiro atoms. The number of carbonyl (C=O) groups is 2. The van der Waals surface area contributed by atoms with Crippen molar-refractivity contribution in [3.05, 3.63) is 64.7 Å². The van der Waals surface area contributed by atoms with Gasteiger partial charge in [0.05, 0.1) is 6.04 Å². The molecule has 0 unspecified atom stereocenters. The standard InChI is InChI=1S/C21H24ClNO4/c1-3-14(2)17-6-4-5-7-19(17)27-13-20(24)23-18(12-21(25)26)15-8-10-16(22)11-9-15/h4-11,14,18H,3,12-13H2,1-2H3,(H,23,24)(H,25,26)/p-1/t14-,18+/m0/s1. The fourth-order valence-electron chi connectivity index (χ4n) is 2.73. The molecule has 2 atom stereocenters. The molecular formula is C21H23ClNO4-. The van der Waals surface area contributed by atoms with Crippen molar-refractivity contribution >= 4 is 23.5 Å². The van der Waals surface area contributed by atoms with Crippen LogP contribution in [0.4, 0.5) is 0 Å². The molecule has 2 rings (SSSR count). The minimum Gasteiger partial charge on any atom is -0.550 e. The Morgan fingerprint density at radius 3 is 2.44 bits per heavy atom. The van der Waals surface area contributed by atoms with Gasteiger partial charge in [-0.2, -0.15) is 0 Å². The van der Waals surface area contributed by atoms with Gasteiger partial charge in [0.2, 0.25) is 0 Å². The summed E-state index contributed by atoms with van der Waals surface area (Å²) in [6, 6.07) is 13.5. The zero-order valence-corrected chi connectivity index (χ0v) is 16.2. The van der Waals surface area contributed by atoms with Crippen LogP contribution < -0.4 is 15.2 Å². The van der Waals surface area contributed by atoms with Gasteiger partial charge in [0.15, 0.2) is 6.61 Å². The second-order valence-corrected chi connectivity index (χ2v) is 6.82. The van der Waals surface area contributed by atoms with Crippen LogP contribution in [0.15, 0.2) is 48.5 Å². The highest BCUT2D eigenvalue weighted by Gasteiger charge is 2.16. The van der Waals surface area contributed by atoms with Crippen LogP contribution in [0, 0.1) is 0 Å². The summed E-state index contributed by atoms with van der Waals surface area (Å²) in [4.78, 5) is 23.4. The van der Waals surface area contributed by atoms with E-state index in [-0.39, 0.29) is 13.0 Å². The predicted molar refractivity (Wildman–Crippen MR) is 103 cm³/mol. The largest absolute Gasteiger partial charge is 0.550 e. The van der Waals surface area contributed by atoms with Gasteiger partial charge in [-0.15, -0.1) is 0 Å². The zero-order valence-electron chi connectivity index (χ0n) is 15.4. The van der Waals surface area contributed by atoms with Gasteiger partial charge >= 0.3 is 0 Å². The lowest BCUT2D eigenvalue weighted by Gasteiger charge is -2.21. The second kappa shape index (κ2) is 9.97. The number of halogens is 1. The number of aliphatic carboxylic acids is 1. The first-order valence-electron chi connectivity index (χ1n) is 8.87. The van der Waals surface area contributed by atoms with Crippen molar-refractivity contribution in [1.29, 1.82) is 0 Å². The van der Waals surface area contributed by atoms with Crippen LogP contribution in [-0.2, 0) is 9.59 Å². The number of para-hydroxylation sites is 1. The van der Waals surface area contributed by atoms with Crippen LogP contribution >= 0.6 is 11.6 Å². The van der Waals surface area contributed by atoms with Gasteiger partial charge in [-0.25, -0.2) is 0 Å². The molecule has 27 heavy (non-hydrogen) atoms. The monoisotopic (exact) mass is 388 g/mol. The number of hydrogen-bond donors (Lipinski definition) is 1. The third kappa shape index (κ3) is 6.29. The Bertz CT molecular complexity index is 776. The number of carboxylic acid groups (broad SMARTS) is 1. The highest BCUT2D eigenvalue weighted by Crippen LogP contribution is 2.28. The number of ether oxygens (including phenoxy) is 1. The number of rotatable bonds is 9. The average molecular weight is 389 g/mol. The van der Waals surface area contributed by atoms with Crippen molar-refractivity contribution < 1.29 is 19.4 Å². The Morgan fingerprint density at radius 2 is 1.81 bits per heavy atom. The number of carbonyl (C=O) groups excluding carboxylic acids is 2. The fourth-order valence-corrected chi connectivity index (χ4v) is 2.86. The van der Waals surface area contributed by atoms with Crippen molar-refractivity contribution in [2.24, 2.45) is 0 Å². The number of carboxylic acids is 1. The molecule has 0 saturated carbocycles. The summed E-state index contributed by atoms with van der Waals surface area (Å²) in [5.41, 5.74) is 1.67. The van der Waals surface area contributed by atoms with E-state index >= 15 is 0 Å². The van der Waals surface area contributed by atoms with Gasteiger partial charge in [-0.05, 0) is 41.7 Å². The Kier molecular flexibility index (Phi) is 7.67. The molecule has 0 radical (unpaired) electrons. The molecule has 0 aliphatic heterocycles. The highest BCUT2D eigenvalue weighted by molar-refractivity contribution is 6.30. The van der Waals surface area contributed by atoms with E-state index in [2.05, 4.69) is 19.2 Å². The van der Waals surface area contributed by atoms with Crippen molar-refractivity contribution in [2.45, 2.75) is 38.6 Å². The van der Waals surface area contributed by atoms with E-state index in [0.29, 0.717) is 22.3 Å². The van der Waals surface area contributed by atoms with Crippen LogP contribution in [-0.4, -0.2) is 18.5 Å². The molecule has 144 valence electrons. The number of benzene rings is 2. The molecule has 0 aliphatic rings. The molecular weight excluding hydrogens is 366 g/mol. The molecule has 0 bridgehead atoms. The lowest BCUT2D eigenvalue weighted by atomic mass is 9.98. The van der Waals surface area contributed by atoms with Gasteiger partial charge in [0.25, 0.3) is 5.91 Å². The zero-order chi connectivity index (χ0) is 19.8. The predicted octanol–water partition coefficient (Wildman–Crippen LogP) is 3.23. The topological polar surface area (TPSA) is 78.5 Å². The average Bonchev–Trinajstić information content (AvgIpc) is 2.65. The lowest BCUT2D eigenvalue weighted by molar-refractivity contribution is -0.306. The second-order valence-electron chi connectivity index (χ2n) is 6.38. The van der Waals surface area contributed by atoms with Crippen LogP contribution in [0.5, 0.6) is 5.75 Å². The van der Waals surface area contributed by atoms with Crippen LogP contribution in [0.25, 0.3) is 0 Å². The Hall–Kier alpha value is -2.53. The van der Waals surface area contributed by atoms with E-state index in [1.807, 2.05) is 24.3 Å². The maximum atomic E-state index is 12.3. The number of amides is 1. The van der Waals surface area contributed by atoms with E-state index in [0.717, 1.165) is 12.0 Å². The summed E-state index contributed by atoms with van der Waals surface area (Å²) in [6.07, 6.45) is 0.619. The Morgan fingerprint density at radius 1 is 1.15 bits per heavy atom. The third-order valence-electron chi connectivity index (χ3n) is 4.40. The summed E-state index contributed by atoms with van der Waals surface area (Å²) >= 11 is 5.86. The van der Waals surface area contributed by atoms with Crippen molar-refractivity contribution in [1.82, 2.24) is 5.32 Å². The normalized spacial score (nSPS) is 12.9. The third-order valence-corrected chi connectivity index (χ3v) is 4.65. The summed E-state index contributed by atoms with van der Waals surface area (Å²) in [5.74, 6) is -0.692. The van der Waals surface area contributed by atoms with Gasteiger partial charge < -0.3 is 20.0 Å². The van der Waals surface area contributed by atoms with Gasteiger partial charge in [0, 0.05) is 17.4 Å². The molecule has 5 nitrogen and oxygen atoms in total. The Labute approximate surface area is 164 Å². The minimum absolute atomic E-state index is 0.204. The molecule has 2 aromatic carbocycles. The summed E-state index contributed by atoms with van der Waals surface area (Å²) < 4.78 is 5.69. The van der Waals surface area contributed by atoms with E-state index in [1.165, 1.54) is 0 Å². The van der Waals surface area contributed by atoms with Gasteiger partial charge in [-0.1, -0.05) is 55.8 Å². The van der Waals surface area contributed by atoms with E-state index in [1.54, 1.807) is 24.3 Å². The molecule has 0 aromatic heterocycles. The minimum atomic E-state index is -1.25. The molecule has 1 amide bonds. The van der Waals surface area contributed by atoms with Crippen molar-refractivity contribution in [2.75, 3.05) is 6.61 Å². The van der Waals surface area contributed by atoms with Gasteiger partial charge in [0.1, 0.15) is 5.75 Å². The highest BCUT2D eigenvalue weighted by atomic mass is 35.5. The van der Waals surface area contributed by atoms with Crippen molar-refractivity contribution in [3.8, 4) is 5.75 Å². The quantitative estimate of drug-likeness (QED) is 0.715. The maximum Gasteiger partial charge on any atom is 0.258 e. The first-order valence-corrected chi connectivity index (χ1v) is 9.24. The molecule has 0 saturated heterocycles. The lowest BCUT2D eigenvalue weighted by Crippen LogP contribution is -2.36. The maximum absolute atomic E-state index is 12.3. The number of nitrogens with one attached hydrogen (secondary N) is 1. The summed E-state index contributed by atoms with van der Waals surface area (Å²) in [7, 11) is 0. The molecule has 0 aliphatic carbocycles. The van der Waals surface area contributed by atoms with E-state index < -0.39 is 17.9 Å². The van der Waals surface area contributed by atoms with Gasteiger partial charge in [-0.3, -0.25) is 4.79 Å². The van der Waals surface area contributed by atoms with E-state index in [9.17, 15) is 14.7 Å². The molecule has 2 aromatic rings. The summed E-state index contributed by atoms with van der Waals surface area (Å²) in [6.45, 7) is 3.98. The molecule has 0 heterocycles. The molecule has 0 fully saturated rings. The molecule has 6 heteroatoms. The van der Waals surface area contributed by atoms with Crippen LogP contribution in [0.3, 0.4) is 0 Å². The van der Waals surface area contributed by atoms with Crippen LogP contribution in [0.2, 0.25) is 5.02 Å². The van der Waals surface area contributed by atoms with E-state index in [4.69, 9.17) is 16.3 Å². The fraction of sp³-hybridized carbons (Fsp3) is 0.333. The number of hydrogen-bond acceptors (Lipinski definition) is 4. The molecule has 1 N–H and O–H groups in total. The SMILES string of the molecule is CC[C@H](C)c1ccccc1OCC(=O)N[C@H](CC(=O)[O-])c1ccc(Cl)cc1. The first-order chi connectivity index (χ1) is 12.9. The van der Waals surface area contributed by atoms with Crippen molar-refractivity contribution in [3.63, 3.8) is 0 Å².